The highest BCUT2D eigenvalue weighted by Crippen LogP contribution is 2.43. The van der Waals surface area contributed by atoms with Crippen LogP contribution in [0.15, 0.2) is 133 Å². The summed E-state index contributed by atoms with van der Waals surface area (Å²) in [5.74, 6) is -0.171. The topological polar surface area (TPSA) is 17.1 Å². The highest BCUT2D eigenvalue weighted by atomic mass is 16.1. The zero-order valence-corrected chi connectivity index (χ0v) is 18.4. The van der Waals surface area contributed by atoms with Crippen LogP contribution in [0.5, 0.6) is 0 Å². The molecule has 0 saturated heterocycles. The van der Waals surface area contributed by atoms with E-state index in [9.17, 15) is 4.79 Å². The number of allylic oxidation sites excluding steroid dienone is 1. The van der Waals surface area contributed by atoms with Gasteiger partial charge < -0.3 is 0 Å². The number of rotatable bonds is 8. The first-order chi connectivity index (χ1) is 15.6. The third kappa shape index (κ3) is 4.07. The van der Waals surface area contributed by atoms with E-state index in [1.807, 2.05) is 79.7 Å². The number of carbonyl (C=O) groups excluding carboxylic acids is 1. The SMILES string of the molecule is C=C(C)C(Cc1ccccc1)C(=O)C(c1ccccc1)(c1ccccc1)c1ccccc1. The van der Waals surface area contributed by atoms with E-state index < -0.39 is 5.41 Å². The first-order valence-electron chi connectivity index (χ1n) is 11.0. The highest BCUT2D eigenvalue weighted by molar-refractivity contribution is 6.00. The molecule has 1 atom stereocenters. The van der Waals surface area contributed by atoms with E-state index >= 15 is 0 Å². The van der Waals surface area contributed by atoms with Gasteiger partial charge >= 0.3 is 0 Å². The van der Waals surface area contributed by atoms with Crippen molar-refractivity contribution >= 4 is 5.78 Å². The minimum Gasteiger partial charge on any atom is -0.297 e. The molecule has 4 rings (SSSR count). The van der Waals surface area contributed by atoms with Crippen molar-refractivity contribution in [2.75, 3.05) is 0 Å². The Balaban J connectivity index is 1.98. The molecule has 0 aliphatic carbocycles. The van der Waals surface area contributed by atoms with Crippen molar-refractivity contribution < 1.29 is 4.79 Å². The van der Waals surface area contributed by atoms with E-state index in [0.717, 1.165) is 27.8 Å². The largest absolute Gasteiger partial charge is 0.297 e. The molecular weight excluding hydrogens is 388 g/mol. The summed E-state index contributed by atoms with van der Waals surface area (Å²) in [6.07, 6.45) is 0.628. The molecule has 0 fully saturated rings. The number of hydrogen-bond acceptors (Lipinski definition) is 1. The monoisotopic (exact) mass is 416 g/mol. The molecule has 4 aromatic carbocycles. The van der Waals surface area contributed by atoms with Crippen LogP contribution in [-0.2, 0) is 16.6 Å². The molecule has 0 saturated carbocycles. The van der Waals surface area contributed by atoms with Gasteiger partial charge in [-0.25, -0.2) is 0 Å². The predicted molar refractivity (Wildman–Crippen MR) is 133 cm³/mol. The van der Waals surface area contributed by atoms with Crippen molar-refractivity contribution in [2.24, 2.45) is 5.92 Å². The maximum absolute atomic E-state index is 14.8. The smallest absolute Gasteiger partial charge is 0.159 e. The maximum Gasteiger partial charge on any atom is 0.159 e. The molecule has 0 bridgehead atoms. The summed E-state index contributed by atoms with van der Waals surface area (Å²) in [4.78, 5) is 14.8. The lowest BCUT2D eigenvalue weighted by molar-refractivity contribution is -0.124. The fourth-order valence-corrected chi connectivity index (χ4v) is 4.59. The Labute approximate surface area is 191 Å². The zero-order chi connectivity index (χ0) is 22.4. The standard InChI is InChI=1S/C31H28O/c1-24(2)29(23-25-15-7-3-8-16-25)30(32)31(26-17-9-4-10-18-26,27-19-11-5-12-20-27)28-21-13-6-14-22-28/h3-22,29H,1,23H2,2H3. The summed E-state index contributed by atoms with van der Waals surface area (Å²) in [6, 6.07) is 40.6. The van der Waals surface area contributed by atoms with E-state index in [0.29, 0.717) is 6.42 Å². The van der Waals surface area contributed by atoms with Gasteiger partial charge in [0.1, 0.15) is 5.41 Å². The van der Waals surface area contributed by atoms with Crippen LogP contribution in [-0.4, -0.2) is 5.78 Å². The predicted octanol–water partition coefficient (Wildman–Crippen LogP) is 7.03. The van der Waals surface area contributed by atoms with Crippen molar-refractivity contribution in [2.45, 2.75) is 18.8 Å². The molecule has 0 aliphatic heterocycles. The normalized spacial score (nSPS) is 12.2. The molecule has 0 aliphatic rings. The van der Waals surface area contributed by atoms with Crippen molar-refractivity contribution in [1.29, 1.82) is 0 Å². The maximum atomic E-state index is 14.8. The van der Waals surface area contributed by atoms with Crippen LogP contribution in [0.4, 0.5) is 0 Å². The summed E-state index contributed by atoms with van der Waals surface area (Å²) < 4.78 is 0. The molecule has 32 heavy (non-hydrogen) atoms. The number of benzene rings is 4. The Hall–Kier alpha value is -3.71. The molecule has 0 amide bonds. The second-order valence-electron chi connectivity index (χ2n) is 8.30. The summed E-state index contributed by atoms with van der Waals surface area (Å²) >= 11 is 0. The van der Waals surface area contributed by atoms with Gasteiger partial charge in [0.25, 0.3) is 0 Å². The fourth-order valence-electron chi connectivity index (χ4n) is 4.59. The van der Waals surface area contributed by atoms with Crippen LogP contribution in [0, 0.1) is 5.92 Å². The van der Waals surface area contributed by atoms with E-state index in [1.54, 1.807) is 0 Å². The highest BCUT2D eigenvalue weighted by Gasteiger charge is 2.46. The summed E-state index contributed by atoms with van der Waals surface area (Å²) in [6.45, 7) is 6.22. The molecular formula is C31H28O. The third-order valence-corrected chi connectivity index (χ3v) is 6.18. The van der Waals surface area contributed by atoms with Crippen molar-refractivity contribution in [3.05, 3.63) is 156 Å². The van der Waals surface area contributed by atoms with Crippen molar-refractivity contribution in [3.8, 4) is 0 Å². The Kier molecular flexibility index (Phi) is 6.47. The van der Waals surface area contributed by atoms with Gasteiger partial charge in [-0.3, -0.25) is 4.79 Å². The number of hydrogen-bond donors (Lipinski definition) is 0. The van der Waals surface area contributed by atoms with Gasteiger partial charge in [-0.1, -0.05) is 133 Å². The zero-order valence-electron chi connectivity index (χ0n) is 18.4. The lowest BCUT2D eigenvalue weighted by Gasteiger charge is -2.37. The average Bonchev–Trinajstić information content (AvgIpc) is 2.85. The third-order valence-electron chi connectivity index (χ3n) is 6.18. The molecule has 1 nitrogen and oxygen atoms in total. The van der Waals surface area contributed by atoms with Gasteiger partial charge in [0.05, 0.1) is 0 Å². The Bertz CT molecular complexity index is 1070. The minimum atomic E-state index is -0.928. The van der Waals surface area contributed by atoms with Gasteiger partial charge in [0.2, 0.25) is 0 Å². The fraction of sp³-hybridized carbons (Fsp3) is 0.129. The molecule has 0 heterocycles. The first-order valence-corrected chi connectivity index (χ1v) is 11.0. The van der Waals surface area contributed by atoms with Gasteiger partial charge in [-0.2, -0.15) is 0 Å². The molecule has 1 unspecified atom stereocenters. The van der Waals surface area contributed by atoms with E-state index in [2.05, 4.69) is 55.1 Å². The van der Waals surface area contributed by atoms with E-state index in [4.69, 9.17) is 0 Å². The van der Waals surface area contributed by atoms with E-state index in [1.165, 1.54) is 0 Å². The molecule has 1 heteroatoms. The number of Topliss-reactive ketones (excluding diaryl/α,β-unsaturated/α-hetero) is 1. The van der Waals surface area contributed by atoms with Crippen LogP contribution in [0.3, 0.4) is 0 Å². The molecule has 0 aromatic heterocycles. The molecule has 0 radical (unpaired) electrons. The van der Waals surface area contributed by atoms with Gasteiger partial charge in [-0.05, 0) is 35.6 Å². The Morgan fingerprint density at radius 1 is 0.656 bits per heavy atom. The summed E-state index contributed by atoms with van der Waals surface area (Å²) in [5, 5.41) is 0. The number of ketones is 1. The van der Waals surface area contributed by atoms with Crippen LogP contribution < -0.4 is 0 Å². The summed E-state index contributed by atoms with van der Waals surface area (Å²) in [7, 11) is 0. The number of carbonyl (C=O) groups is 1. The Morgan fingerprint density at radius 3 is 1.34 bits per heavy atom. The van der Waals surface area contributed by atoms with Gasteiger partial charge in [0, 0.05) is 5.92 Å². The van der Waals surface area contributed by atoms with E-state index in [-0.39, 0.29) is 11.7 Å². The van der Waals surface area contributed by atoms with Gasteiger partial charge in [-0.15, -0.1) is 0 Å². The molecule has 0 spiro atoms. The lowest BCUT2D eigenvalue weighted by Crippen LogP contribution is -2.43. The van der Waals surface area contributed by atoms with Crippen LogP contribution >= 0.6 is 0 Å². The summed E-state index contributed by atoms with van der Waals surface area (Å²) in [5.41, 5.74) is 4.01. The van der Waals surface area contributed by atoms with Crippen LogP contribution in [0.2, 0.25) is 0 Å². The van der Waals surface area contributed by atoms with Crippen LogP contribution in [0.1, 0.15) is 29.2 Å². The first kappa shape index (κ1) is 21.5. The van der Waals surface area contributed by atoms with Crippen molar-refractivity contribution in [1.82, 2.24) is 0 Å². The lowest BCUT2D eigenvalue weighted by atomic mass is 9.62. The van der Waals surface area contributed by atoms with Crippen molar-refractivity contribution in [3.63, 3.8) is 0 Å². The average molecular weight is 417 g/mol. The molecule has 158 valence electrons. The molecule has 4 aromatic rings. The van der Waals surface area contributed by atoms with Crippen LogP contribution in [0.25, 0.3) is 0 Å². The Morgan fingerprint density at radius 2 is 1.00 bits per heavy atom. The minimum absolute atomic E-state index is 0.150. The quantitative estimate of drug-likeness (QED) is 0.223. The second kappa shape index (κ2) is 9.62. The van der Waals surface area contributed by atoms with Gasteiger partial charge in [0.15, 0.2) is 5.78 Å². The molecule has 0 N–H and O–H groups in total. The second-order valence-corrected chi connectivity index (χ2v) is 8.30.